The molecule has 0 aliphatic heterocycles. The van der Waals surface area contributed by atoms with Crippen molar-refractivity contribution >= 4 is 23.4 Å². The number of nitrogens with one attached hydrogen (secondary N) is 1. The van der Waals surface area contributed by atoms with Crippen LogP contribution in [0.25, 0.3) is 0 Å². The number of rotatable bonds is 6. The summed E-state index contributed by atoms with van der Waals surface area (Å²) in [7, 11) is 0. The molecule has 3 rings (SSSR count). The third-order valence-electron chi connectivity index (χ3n) is 3.75. The minimum absolute atomic E-state index is 0.0296. The number of amides is 1. The summed E-state index contributed by atoms with van der Waals surface area (Å²) in [5.74, 6) is -0.474. The van der Waals surface area contributed by atoms with Gasteiger partial charge >= 0.3 is 6.18 Å². The number of aromatic nitrogens is 1. The fourth-order valence-electron chi connectivity index (χ4n) is 2.41. The van der Waals surface area contributed by atoms with Gasteiger partial charge in [-0.2, -0.15) is 13.2 Å². The van der Waals surface area contributed by atoms with E-state index in [-0.39, 0.29) is 11.4 Å². The lowest BCUT2D eigenvalue weighted by molar-refractivity contribution is -0.153. The van der Waals surface area contributed by atoms with Gasteiger partial charge in [-0.3, -0.25) is 4.79 Å². The van der Waals surface area contributed by atoms with Crippen molar-refractivity contribution in [1.29, 1.82) is 0 Å². The van der Waals surface area contributed by atoms with Crippen LogP contribution in [-0.4, -0.2) is 23.7 Å². The van der Waals surface area contributed by atoms with E-state index in [1.807, 2.05) is 18.2 Å². The SMILES string of the molecule is Cc1ccc(NC(=O)c2ccc(Sc3ccccn3)cc2)c(OCC(F)(F)F)c1. The van der Waals surface area contributed by atoms with Crippen molar-refractivity contribution < 1.29 is 22.7 Å². The average Bonchev–Trinajstić information content (AvgIpc) is 2.69. The molecule has 1 amide bonds. The molecule has 0 bridgehead atoms. The number of halogens is 3. The molecule has 0 radical (unpaired) electrons. The van der Waals surface area contributed by atoms with Gasteiger partial charge in [0.05, 0.1) is 5.69 Å². The van der Waals surface area contributed by atoms with Gasteiger partial charge in [0.2, 0.25) is 0 Å². The number of pyridine rings is 1. The molecule has 0 saturated carbocycles. The lowest BCUT2D eigenvalue weighted by Gasteiger charge is -2.15. The number of carbonyl (C=O) groups is 1. The molecule has 1 N–H and O–H groups in total. The van der Waals surface area contributed by atoms with Crippen LogP contribution in [0.1, 0.15) is 15.9 Å². The first-order chi connectivity index (χ1) is 13.8. The predicted molar refractivity (Wildman–Crippen MR) is 105 cm³/mol. The molecule has 0 saturated heterocycles. The zero-order valence-corrected chi connectivity index (χ0v) is 16.2. The van der Waals surface area contributed by atoms with Crippen molar-refractivity contribution in [3.63, 3.8) is 0 Å². The molecule has 4 nitrogen and oxygen atoms in total. The van der Waals surface area contributed by atoms with E-state index in [1.54, 1.807) is 43.5 Å². The molecule has 3 aromatic rings. The fourth-order valence-corrected chi connectivity index (χ4v) is 3.18. The summed E-state index contributed by atoms with van der Waals surface area (Å²) >= 11 is 1.46. The summed E-state index contributed by atoms with van der Waals surface area (Å²) in [6.45, 7) is 0.294. The van der Waals surface area contributed by atoms with Crippen molar-refractivity contribution in [2.75, 3.05) is 11.9 Å². The highest BCUT2D eigenvalue weighted by molar-refractivity contribution is 7.99. The highest BCUT2D eigenvalue weighted by Crippen LogP contribution is 2.29. The molecule has 2 aromatic carbocycles. The Hall–Kier alpha value is -3.00. The molecular formula is C21H17F3N2O2S. The Labute approximate surface area is 170 Å². The summed E-state index contributed by atoms with van der Waals surface area (Å²) < 4.78 is 42.3. The number of aryl methyl sites for hydroxylation is 1. The number of nitrogens with zero attached hydrogens (tertiary/aromatic N) is 1. The molecule has 0 aliphatic rings. The van der Waals surface area contributed by atoms with Crippen LogP contribution in [0.3, 0.4) is 0 Å². The quantitative estimate of drug-likeness (QED) is 0.555. The van der Waals surface area contributed by atoms with Crippen molar-refractivity contribution in [2.45, 2.75) is 23.0 Å². The second-order valence-corrected chi connectivity index (χ2v) is 7.25. The van der Waals surface area contributed by atoms with E-state index in [2.05, 4.69) is 10.3 Å². The van der Waals surface area contributed by atoms with Gasteiger partial charge < -0.3 is 10.1 Å². The van der Waals surface area contributed by atoms with Crippen LogP contribution >= 0.6 is 11.8 Å². The maximum absolute atomic E-state index is 12.5. The van der Waals surface area contributed by atoms with E-state index >= 15 is 0 Å². The van der Waals surface area contributed by atoms with Crippen molar-refractivity contribution in [1.82, 2.24) is 4.98 Å². The first-order valence-corrected chi connectivity index (χ1v) is 9.42. The number of ether oxygens (including phenoxy) is 1. The van der Waals surface area contributed by atoms with Gasteiger partial charge in [-0.05, 0) is 61.0 Å². The monoisotopic (exact) mass is 418 g/mol. The highest BCUT2D eigenvalue weighted by atomic mass is 32.2. The molecule has 150 valence electrons. The van der Waals surface area contributed by atoms with Gasteiger partial charge in [-0.1, -0.05) is 23.9 Å². The van der Waals surface area contributed by atoms with Gasteiger partial charge in [0.1, 0.15) is 10.8 Å². The van der Waals surface area contributed by atoms with Crippen LogP contribution in [0, 0.1) is 6.92 Å². The second kappa shape index (κ2) is 9.00. The Balaban J connectivity index is 1.70. The Bertz CT molecular complexity index is 977. The van der Waals surface area contributed by atoms with Crippen molar-refractivity contribution in [3.8, 4) is 5.75 Å². The maximum Gasteiger partial charge on any atom is 0.422 e. The topological polar surface area (TPSA) is 51.2 Å². The number of benzene rings is 2. The van der Waals surface area contributed by atoms with E-state index < -0.39 is 18.7 Å². The van der Waals surface area contributed by atoms with Crippen LogP contribution in [0.5, 0.6) is 5.75 Å². The van der Waals surface area contributed by atoms with Crippen LogP contribution in [0.4, 0.5) is 18.9 Å². The first-order valence-electron chi connectivity index (χ1n) is 8.61. The first kappa shape index (κ1) is 20.7. The smallest absolute Gasteiger partial charge is 0.422 e. The molecule has 0 fully saturated rings. The molecule has 0 aliphatic carbocycles. The average molecular weight is 418 g/mol. The summed E-state index contributed by atoms with van der Waals surface area (Å²) in [6.07, 6.45) is -2.77. The zero-order chi connectivity index (χ0) is 20.9. The standard InChI is InChI=1S/C21H17F3N2O2S/c1-14-5-10-17(18(12-14)28-13-21(22,23)24)26-20(27)15-6-8-16(9-7-15)29-19-4-2-3-11-25-19/h2-12H,13H2,1H3,(H,26,27). The van der Waals surface area contributed by atoms with Crippen LogP contribution in [0.2, 0.25) is 0 Å². The van der Waals surface area contributed by atoms with Crippen LogP contribution < -0.4 is 10.1 Å². The number of hydrogen-bond acceptors (Lipinski definition) is 4. The zero-order valence-electron chi connectivity index (χ0n) is 15.4. The number of hydrogen-bond donors (Lipinski definition) is 1. The lowest BCUT2D eigenvalue weighted by atomic mass is 10.2. The molecule has 0 unspecified atom stereocenters. The number of anilines is 1. The normalized spacial score (nSPS) is 11.2. The predicted octanol–water partition coefficient (Wildman–Crippen LogP) is 5.73. The Morgan fingerprint density at radius 2 is 1.86 bits per heavy atom. The molecule has 0 atom stereocenters. The van der Waals surface area contributed by atoms with Crippen LogP contribution in [-0.2, 0) is 0 Å². The number of carbonyl (C=O) groups excluding carboxylic acids is 1. The Morgan fingerprint density at radius 1 is 1.10 bits per heavy atom. The summed E-state index contributed by atoms with van der Waals surface area (Å²) in [4.78, 5) is 17.6. The van der Waals surface area contributed by atoms with E-state index in [0.29, 0.717) is 5.56 Å². The molecule has 1 aromatic heterocycles. The van der Waals surface area contributed by atoms with Crippen molar-refractivity contribution in [2.24, 2.45) is 0 Å². The molecular weight excluding hydrogens is 401 g/mol. The second-order valence-electron chi connectivity index (χ2n) is 6.15. The molecule has 1 heterocycles. The highest BCUT2D eigenvalue weighted by Gasteiger charge is 2.29. The third-order valence-corrected chi connectivity index (χ3v) is 4.71. The summed E-state index contributed by atoms with van der Waals surface area (Å²) in [5.41, 5.74) is 1.27. The maximum atomic E-state index is 12.5. The van der Waals surface area contributed by atoms with E-state index in [9.17, 15) is 18.0 Å². The van der Waals surface area contributed by atoms with Gasteiger partial charge in [0, 0.05) is 16.7 Å². The van der Waals surface area contributed by atoms with Crippen molar-refractivity contribution in [3.05, 3.63) is 78.0 Å². The summed E-state index contributed by atoms with van der Waals surface area (Å²) in [6, 6.07) is 17.1. The molecule has 29 heavy (non-hydrogen) atoms. The molecule has 8 heteroatoms. The van der Waals surface area contributed by atoms with Gasteiger partial charge in [-0.25, -0.2) is 4.98 Å². The minimum Gasteiger partial charge on any atom is -0.482 e. The largest absolute Gasteiger partial charge is 0.482 e. The Morgan fingerprint density at radius 3 is 2.52 bits per heavy atom. The molecule has 0 spiro atoms. The summed E-state index contributed by atoms with van der Waals surface area (Å²) in [5, 5.41) is 3.44. The van der Waals surface area contributed by atoms with Crippen LogP contribution in [0.15, 0.2) is 76.8 Å². The minimum atomic E-state index is -4.47. The Kier molecular flexibility index (Phi) is 6.43. The fraction of sp³-hybridized carbons (Fsp3) is 0.143. The van der Waals surface area contributed by atoms with E-state index in [1.165, 1.54) is 23.9 Å². The van der Waals surface area contributed by atoms with E-state index in [0.717, 1.165) is 15.5 Å². The lowest BCUT2D eigenvalue weighted by Crippen LogP contribution is -2.20. The van der Waals surface area contributed by atoms with Gasteiger partial charge in [0.15, 0.2) is 6.61 Å². The van der Waals surface area contributed by atoms with Gasteiger partial charge in [-0.15, -0.1) is 0 Å². The van der Waals surface area contributed by atoms with Gasteiger partial charge in [0.25, 0.3) is 5.91 Å². The number of alkyl halides is 3. The van der Waals surface area contributed by atoms with E-state index in [4.69, 9.17) is 4.74 Å². The third kappa shape index (κ3) is 6.25.